The summed E-state index contributed by atoms with van der Waals surface area (Å²) in [5.41, 5.74) is 2.38. The highest BCUT2D eigenvalue weighted by Crippen LogP contribution is 2.12. The van der Waals surface area contributed by atoms with Crippen LogP contribution in [-0.2, 0) is 22.6 Å². The highest BCUT2D eigenvalue weighted by Gasteiger charge is 2.15. The minimum absolute atomic E-state index is 0. The van der Waals surface area contributed by atoms with Crippen LogP contribution >= 0.6 is 24.0 Å². The number of methoxy groups -OCH3 is 1. The number of guanidine groups is 1. The van der Waals surface area contributed by atoms with Gasteiger partial charge in [-0.25, -0.2) is 4.99 Å². The summed E-state index contributed by atoms with van der Waals surface area (Å²) >= 11 is 0. The zero-order valence-electron chi connectivity index (χ0n) is 14.0. The van der Waals surface area contributed by atoms with Crippen molar-refractivity contribution in [3.63, 3.8) is 0 Å². The fraction of sp³-hybridized carbons (Fsp3) is 0.588. The van der Waals surface area contributed by atoms with E-state index in [-0.39, 0.29) is 24.0 Å². The van der Waals surface area contributed by atoms with Crippen LogP contribution in [0.15, 0.2) is 29.3 Å². The summed E-state index contributed by atoms with van der Waals surface area (Å²) in [5, 5.41) is 6.65. The first-order valence-electron chi connectivity index (χ1n) is 8.03. The van der Waals surface area contributed by atoms with Gasteiger partial charge in [0, 0.05) is 26.8 Å². The fourth-order valence-electron chi connectivity index (χ4n) is 2.53. The molecule has 0 aromatic heterocycles. The number of hydrogen-bond donors (Lipinski definition) is 2. The lowest BCUT2D eigenvalue weighted by Gasteiger charge is -2.15. The van der Waals surface area contributed by atoms with E-state index in [4.69, 9.17) is 9.47 Å². The van der Waals surface area contributed by atoms with Gasteiger partial charge in [0.25, 0.3) is 0 Å². The molecule has 6 heteroatoms. The molecule has 0 spiro atoms. The van der Waals surface area contributed by atoms with Crippen LogP contribution in [0.2, 0.25) is 0 Å². The van der Waals surface area contributed by atoms with Crippen molar-refractivity contribution >= 4 is 29.9 Å². The van der Waals surface area contributed by atoms with Crippen molar-refractivity contribution in [2.24, 2.45) is 4.99 Å². The van der Waals surface area contributed by atoms with Gasteiger partial charge in [0.05, 0.1) is 19.3 Å². The maximum atomic E-state index is 5.63. The van der Waals surface area contributed by atoms with Crippen LogP contribution in [0.5, 0.6) is 0 Å². The molecule has 0 aliphatic carbocycles. The molecule has 5 nitrogen and oxygen atoms in total. The van der Waals surface area contributed by atoms with Crippen LogP contribution < -0.4 is 10.6 Å². The highest BCUT2D eigenvalue weighted by atomic mass is 127. The predicted octanol–water partition coefficient (Wildman–Crippen LogP) is 2.69. The predicted molar refractivity (Wildman–Crippen MR) is 104 cm³/mol. The number of hydrogen-bond acceptors (Lipinski definition) is 3. The molecule has 1 saturated heterocycles. The van der Waals surface area contributed by atoms with Gasteiger partial charge in [-0.3, -0.25) is 0 Å². The first-order valence-corrected chi connectivity index (χ1v) is 8.03. The number of aliphatic imine (C=N–C) groups is 1. The Morgan fingerprint density at radius 1 is 1.30 bits per heavy atom. The molecule has 2 rings (SSSR count). The molecule has 1 unspecified atom stereocenters. The van der Waals surface area contributed by atoms with E-state index in [9.17, 15) is 0 Å². The molecule has 0 bridgehead atoms. The number of ether oxygens (including phenoxy) is 2. The van der Waals surface area contributed by atoms with Gasteiger partial charge in [-0.15, -0.1) is 24.0 Å². The molecule has 130 valence electrons. The molecule has 2 N–H and O–H groups in total. The lowest BCUT2D eigenvalue weighted by Crippen LogP contribution is -2.41. The largest absolute Gasteiger partial charge is 0.380 e. The second kappa shape index (κ2) is 11.6. The molecular weight excluding hydrogens is 405 g/mol. The molecule has 1 aromatic rings. The van der Waals surface area contributed by atoms with E-state index >= 15 is 0 Å². The van der Waals surface area contributed by atoms with E-state index in [1.165, 1.54) is 11.1 Å². The zero-order chi connectivity index (χ0) is 15.6. The Morgan fingerprint density at radius 2 is 2.09 bits per heavy atom. The molecule has 0 radical (unpaired) electrons. The maximum absolute atomic E-state index is 5.63. The molecule has 1 aliphatic rings. The summed E-state index contributed by atoms with van der Waals surface area (Å²) in [7, 11) is 1.72. The van der Waals surface area contributed by atoms with E-state index in [1.807, 2.05) is 12.1 Å². The third-order valence-corrected chi connectivity index (χ3v) is 3.69. The summed E-state index contributed by atoms with van der Waals surface area (Å²) in [6.45, 7) is 5.86. The van der Waals surface area contributed by atoms with Crippen LogP contribution in [0.4, 0.5) is 0 Å². The van der Waals surface area contributed by atoms with E-state index in [0.29, 0.717) is 19.3 Å². The number of rotatable bonds is 7. The zero-order valence-corrected chi connectivity index (χ0v) is 16.3. The van der Waals surface area contributed by atoms with Gasteiger partial charge in [-0.05, 0) is 30.9 Å². The molecule has 1 aliphatic heterocycles. The lowest BCUT2D eigenvalue weighted by atomic mass is 10.1. The van der Waals surface area contributed by atoms with Gasteiger partial charge in [0.15, 0.2) is 5.96 Å². The van der Waals surface area contributed by atoms with Crippen LogP contribution in [0.25, 0.3) is 0 Å². The second-order valence-corrected chi connectivity index (χ2v) is 5.41. The molecule has 0 saturated carbocycles. The van der Waals surface area contributed by atoms with Crippen molar-refractivity contribution < 1.29 is 9.47 Å². The normalized spacial score (nSPS) is 17.7. The van der Waals surface area contributed by atoms with Gasteiger partial charge in [-0.1, -0.05) is 24.3 Å². The van der Waals surface area contributed by atoms with Crippen molar-refractivity contribution in [3.05, 3.63) is 35.4 Å². The average molecular weight is 433 g/mol. The molecule has 1 atom stereocenters. The van der Waals surface area contributed by atoms with Crippen LogP contribution in [0, 0.1) is 0 Å². The van der Waals surface area contributed by atoms with Crippen molar-refractivity contribution in [1.82, 2.24) is 10.6 Å². The molecule has 1 fully saturated rings. The minimum Gasteiger partial charge on any atom is -0.380 e. The van der Waals surface area contributed by atoms with Gasteiger partial charge >= 0.3 is 0 Å². The summed E-state index contributed by atoms with van der Waals surface area (Å²) in [4.78, 5) is 4.67. The lowest BCUT2D eigenvalue weighted by molar-refractivity contribution is 0.114. The number of halogens is 1. The monoisotopic (exact) mass is 433 g/mol. The summed E-state index contributed by atoms with van der Waals surface area (Å²) in [6.07, 6.45) is 2.60. The number of nitrogens with zero attached hydrogens (tertiary/aromatic N) is 1. The van der Waals surface area contributed by atoms with Crippen molar-refractivity contribution in [3.8, 4) is 0 Å². The van der Waals surface area contributed by atoms with E-state index in [0.717, 1.165) is 38.5 Å². The summed E-state index contributed by atoms with van der Waals surface area (Å²) in [5.74, 6) is 0.838. The third-order valence-electron chi connectivity index (χ3n) is 3.69. The topological polar surface area (TPSA) is 54.9 Å². The molecule has 23 heavy (non-hydrogen) atoms. The quantitative estimate of drug-likeness (QED) is 0.395. The van der Waals surface area contributed by atoms with Gasteiger partial charge in [0.1, 0.15) is 0 Å². The molecular formula is C17H28IN3O2. The number of nitrogens with one attached hydrogen (secondary N) is 2. The fourth-order valence-corrected chi connectivity index (χ4v) is 2.53. The Hall–Kier alpha value is -0.860. The Morgan fingerprint density at radius 3 is 2.74 bits per heavy atom. The minimum atomic E-state index is 0. The van der Waals surface area contributed by atoms with Crippen molar-refractivity contribution in [2.75, 3.05) is 26.8 Å². The number of benzene rings is 1. The Balaban J connectivity index is 0.00000264. The molecule has 1 aromatic carbocycles. The smallest absolute Gasteiger partial charge is 0.191 e. The Labute approximate surface area is 156 Å². The van der Waals surface area contributed by atoms with E-state index < -0.39 is 0 Å². The van der Waals surface area contributed by atoms with Gasteiger partial charge < -0.3 is 20.1 Å². The van der Waals surface area contributed by atoms with Crippen LogP contribution in [0.3, 0.4) is 0 Å². The Kier molecular flexibility index (Phi) is 10.2. The first-order chi connectivity index (χ1) is 10.8. The second-order valence-electron chi connectivity index (χ2n) is 5.41. The van der Waals surface area contributed by atoms with E-state index in [2.05, 4.69) is 34.7 Å². The van der Waals surface area contributed by atoms with Gasteiger partial charge in [-0.2, -0.15) is 0 Å². The van der Waals surface area contributed by atoms with Crippen LogP contribution in [-0.4, -0.2) is 38.9 Å². The summed E-state index contributed by atoms with van der Waals surface area (Å²) in [6, 6.07) is 8.25. The Bertz CT molecular complexity index is 477. The van der Waals surface area contributed by atoms with E-state index in [1.54, 1.807) is 7.11 Å². The first kappa shape index (κ1) is 20.2. The van der Waals surface area contributed by atoms with Crippen molar-refractivity contribution in [1.29, 1.82) is 0 Å². The SMILES string of the molecule is CCNC(=NCc1ccccc1COC)NCC1CCCO1.I. The summed E-state index contributed by atoms with van der Waals surface area (Å²) < 4.78 is 10.9. The van der Waals surface area contributed by atoms with Gasteiger partial charge in [0.2, 0.25) is 0 Å². The standard InChI is InChI=1S/C17H27N3O2.HI/c1-3-18-17(20-12-16-9-6-10-22-16)19-11-14-7-4-5-8-15(14)13-21-2;/h4-5,7-8,16H,3,6,9-13H2,1-2H3,(H2,18,19,20);1H. The molecule has 0 amide bonds. The van der Waals surface area contributed by atoms with Crippen molar-refractivity contribution in [2.45, 2.75) is 39.0 Å². The molecule has 1 heterocycles. The highest BCUT2D eigenvalue weighted by molar-refractivity contribution is 14.0. The van der Waals surface area contributed by atoms with Crippen LogP contribution in [0.1, 0.15) is 30.9 Å². The third kappa shape index (κ3) is 7.05. The maximum Gasteiger partial charge on any atom is 0.191 e. The average Bonchev–Trinajstić information content (AvgIpc) is 3.05.